The number of ether oxygens (including phenoxy) is 1. The number of likely N-dealkylation sites (tertiary alicyclic amines) is 1. The fraction of sp³-hybridized carbons (Fsp3) is 0.577. The number of nitrogens with two attached hydrogens (primary N) is 1. The van der Waals surface area contributed by atoms with Gasteiger partial charge >= 0.3 is 6.09 Å². The summed E-state index contributed by atoms with van der Waals surface area (Å²) in [5.74, 6) is 3.91. The summed E-state index contributed by atoms with van der Waals surface area (Å²) in [5.41, 5.74) is 4.78. The molecule has 1 fully saturated rings. The number of amides is 2. The van der Waals surface area contributed by atoms with Crippen LogP contribution in [-0.4, -0.2) is 51.6 Å². The lowest BCUT2D eigenvalue weighted by atomic mass is 9.88. The van der Waals surface area contributed by atoms with E-state index in [4.69, 9.17) is 22.1 Å². The topological polar surface area (TPSA) is 122 Å². The van der Waals surface area contributed by atoms with Gasteiger partial charge in [0.05, 0.1) is 6.04 Å². The first-order valence-electron chi connectivity index (χ1n) is 11.7. The fourth-order valence-electron chi connectivity index (χ4n) is 3.92. The number of carbonyl (C=O) groups is 3. The summed E-state index contributed by atoms with van der Waals surface area (Å²) in [6.45, 7) is 11.2. The Hall–Kier alpha value is -2.60. The second-order valence-corrected chi connectivity index (χ2v) is 10.8. The zero-order valence-electron chi connectivity index (χ0n) is 21.3. The molecule has 3 atom stereocenters. The third-order valence-electron chi connectivity index (χ3n) is 5.55. The molecular weight excluding hydrogens is 470 g/mol. The number of hydrogen-bond acceptors (Lipinski definition) is 6. The van der Waals surface area contributed by atoms with Crippen LogP contribution in [0.3, 0.4) is 0 Å². The van der Waals surface area contributed by atoms with Gasteiger partial charge in [-0.3, -0.25) is 14.5 Å². The van der Waals surface area contributed by atoms with E-state index in [1.807, 2.05) is 13.8 Å². The molecule has 4 N–H and O–H groups in total. The van der Waals surface area contributed by atoms with Crippen molar-refractivity contribution in [1.82, 2.24) is 10.2 Å². The predicted octanol–water partition coefficient (Wildman–Crippen LogP) is 3.02. The number of aliphatic hydroxyl groups is 1. The molecule has 1 aromatic carbocycles. The van der Waals surface area contributed by atoms with E-state index >= 15 is 0 Å². The molecule has 1 aliphatic rings. The number of ketones is 1. The van der Waals surface area contributed by atoms with E-state index in [1.165, 1.54) is 6.92 Å². The SMILES string of the molecule is CC(C)C#CC(C)(O)C(=O)C1C[C@@H](C(N)=O)N(Cc2cc(Cl)ccc2CNC(=O)OC(C)(C)C)C1. The van der Waals surface area contributed by atoms with Crippen LogP contribution in [0.25, 0.3) is 0 Å². The number of alkyl carbamates (subject to hydrolysis) is 1. The summed E-state index contributed by atoms with van der Waals surface area (Å²) in [5, 5.41) is 13.9. The Morgan fingerprint density at radius 2 is 1.91 bits per heavy atom. The van der Waals surface area contributed by atoms with E-state index in [0.717, 1.165) is 11.1 Å². The second-order valence-electron chi connectivity index (χ2n) is 10.4. The molecule has 1 saturated heterocycles. The Morgan fingerprint density at radius 3 is 2.49 bits per heavy atom. The Kier molecular flexibility index (Phi) is 9.35. The average Bonchev–Trinajstić information content (AvgIpc) is 3.14. The highest BCUT2D eigenvalue weighted by Crippen LogP contribution is 2.30. The third kappa shape index (κ3) is 8.53. The smallest absolute Gasteiger partial charge is 0.407 e. The van der Waals surface area contributed by atoms with Gasteiger partial charge in [0.2, 0.25) is 5.91 Å². The van der Waals surface area contributed by atoms with Crippen LogP contribution in [0.4, 0.5) is 4.79 Å². The average molecular weight is 506 g/mol. The van der Waals surface area contributed by atoms with Gasteiger partial charge in [-0.2, -0.15) is 0 Å². The molecule has 2 amide bonds. The van der Waals surface area contributed by atoms with Gasteiger partial charge in [-0.1, -0.05) is 43.4 Å². The summed E-state index contributed by atoms with van der Waals surface area (Å²) >= 11 is 6.23. The molecule has 192 valence electrons. The van der Waals surface area contributed by atoms with E-state index in [0.29, 0.717) is 5.02 Å². The largest absolute Gasteiger partial charge is 0.444 e. The molecule has 1 heterocycles. The molecule has 2 rings (SSSR count). The van der Waals surface area contributed by atoms with Crippen LogP contribution in [0, 0.1) is 23.7 Å². The number of rotatable bonds is 7. The standard InChI is InChI=1S/C26H36ClN3O5/c1-16(2)9-10-26(6,34)22(31)19-12-21(23(28)32)30(15-19)14-18-11-20(27)8-7-17(18)13-29-24(33)35-25(3,4)5/h7-8,11,16,19,21,34H,12-15H2,1-6H3,(H2,28,32)(H,29,33)/t19?,21-,26?/m0/s1. The van der Waals surface area contributed by atoms with Crippen molar-refractivity contribution in [2.75, 3.05) is 6.54 Å². The lowest BCUT2D eigenvalue weighted by Crippen LogP contribution is -2.40. The summed E-state index contributed by atoms with van der Waals surface area (Å²) in [6, 6.07) is 4.57. The van der Waals surface area contributed by atoms with Crippen LogP contribution in [0.15, 0.2) is 18.2 Å². The van der Waals surface area contributed by atoms with Gasteiger partial charge < -0.3 is 20.9 Å². The molecule has 8 nitrogen and oxygen atoms in total. The van der Waals surface area contributed by atoms with Crippen LogP contribution in [0.1, 0.15) is 59.1 Å². The predicted molar refractivity (Wildman–Crippen MR) is 134 cm³/mol. The first-order chi connectivity index (χ1) is 16.1. The molecule has 0 aromatic heterocycles. The highest BCUT2D eigenvalue weighted by Gasteiger charge is 2.44. The van der Waals surface area contributed by atoms with Crippen molar-refractivity contribution >= 4 is 29.4 Å². The number of nitrogens with one attached hydrogen (secondary N) is 1. The minimum Gasteiger partial charge on any atom is -0.444 e. The number of carbonyl (C=O) groups excluding carboxylic acids is 3. The molecule has 9 heteroatoms. The summed E-state index contributed by atoms with van der Waals surface area (Å²) < 4.78 is 5.29. The molecule has 2 unspecified atom stereocenters. The molecule has 0 saturated carbocycles. The molecular formula is C26H36ClN3O5. The minimum absolute atomic E-state index is 0.00302. The molecule has 0 aliphatic carbocycles. The van der Waals surface area contributed by atoms with Crippen molar-refractivity contribution in [1.29, 1.82) is 0 Å². The van der Waals surface area contributed by atoms with Gasteiger partial charge in [0, 0.05) is 36.5 Å². The van der Waals surface area contributed by atoms with E-state index in [-0.39, 0.29) is 32.0 Å². The van der Waals surface area contributed by atoms with Crippen molar-refractivity contribution in [3.05, 3.63) is 34.3 Å². The van der Waals surface area contributed by atoms with Gasteiger partial charge in [-0.15, -0.1) is 0 Å². The number of benzene rings is 1. The van der Waals surface area contributed by atoms with Crippen molar-refractivity contribution in [2.24, 2.45) is 17.6 Å². The monoisotopic (exact) mass is 505 g/mol. The molecule has 1 aromatic rings. The number of hydrogen-bond donors (Lipinski definition) is 3. The minimum atomic E-state index is -1.81. The van der Waals surface area contributed by atoms with Gasteiger partial charge in [0.15, 0.2) is 11.4 Å². The maximum Gasteiger partial charge on any atom is 0.407 e. The Labute approximate surface area is 212 Å². The lowest BCUT2D eigenvalue weighted by molar-refractivity contribution is -0.134. The Balaban J connectivity index is 2.21. The first-order valence-corrected chi connectivity index (χ1v) is 12.0. The number of primary amides is 1. The Morgan fingerprint density at radius 1 is 1.26 bits per heavy atom. The highest BCUT2D eigenvalue weighted by atomic mass is 35.5. The number of halogens is 1. The van der Waals surface area contributed by atoms with Crippen molar-refractivity contribution in [2.45, 2.75) is 78.3 Å². The zero-order chi connectivity index (χ0) is 26.6. The normalized spacial score (nSPS) is 20.0. The fourth-order valence-corrected chi connectivity index (χ4v) is 4.12. The summed E-state index contributed by atoms with van der Waals surface area (Å²) in [4.78, 5) is 39.2. The van der Waals surface area contributed by atoms with Gasteiger partial charge in [-0.05, 0) is 57.4 Å². The molecule has 35 heavy (non-hydrogen) atoms. The van der Waals surface area contributed by atoms with Crippen molar-refractivity contribution in [3.8, 4) is 11.8 Å². The van der Waals surface area contributed by atoms with Gasteiger partial charge in [-0.25, -0.2) is 4.79 Å². The van der Waals surface area contributed by atoms with E-state index in [2.05, 4.69) is 17.2 Å². The second kappa shape index (κ2) is 11.4. The third-order valence-corrected chi connectivity index (χ3v) is 5.79. The van der Waals surface area contributed by atoms with E-state index in [1.54, 1.807) is 43.9 Å². The van der Waals surface area contributed by atoms with Gasteiger partial charge in [0.25, 0.3) is 0 Å². The van der Waals surface area contributed by atoms with Crippen LogP contribution in [-0.2, 0) is 27.4 Å². The van der Waals surface area contributed by atoms with Gasteiger partial charge in [0.1, 0.15) is 5.60 Å². The maximum absolute atomic E-state index is 13.0. The lowest BCUT2D eigenvalue weighted by Gasteiger charge is -2.24. The number of Topliss-reactive ketones (excluding diaryl/α,β-unsaturated/α-hetero) is 1. The molecule has 1 aliphatic heterocycles. The van der Waals surface area contributed by atoms with Crippen LogP contribution in [0.5, 0.6) is 0 Å². The van der Waals surface area contributed by atoms with E-state index < -0.39 is 40.9 Å². The number of nitrogens with zero attached hydrogens (tertiary/aromatic N) is 1. The van der Waals surface area contributed by atoms with Crippen molar-refractivity contribution in [3.63, 3.8) is 0 Å². The first kappa shape index (κ1) is 28.6. The van der Waals surface area contributed by atoms with Crippen LogP contribution >= 0.6 is 11.6 Å². The van der Waals surface area contributed by atoms with E-state index in [9.17, 15) is 19.5 Å². The highest BCUT2D eigenvalue weighted by molar-refractivity contribution is 6.30. The molecule has 0 spiro atoms. The summed E-state index contributed by atoms with van der Waals surface area (Å²) in [6.07, 6.45) is -0.357. The molecule has 0 radical (unpaired) electrons. The molecule has 0 bridgehead atoms. The maximum atomic E-state index is 13.0. The Bertz CT molecular complexity index is 1020. The van der Waals surface area contributed by atoms with Crippen LogP contribution in [0.2, 0.25) is 5.02 Å². The summed E-state index contributed by atoms with van der Waals surface area (Å²) in [7, 11) is 0. The quantitative estimate of drug-likeness (QED) is 0.490. The van der Waals surface area contributed by atoms with Crippen molar-refractivity contribution < 1.29 is 24.2 Å². The van der Waals surface area contributed by atoms with Crippen LogP contribution < -0.4 is 11.1 Å². The zero-order valence-corrected chi connectivity index (χ0v) is 22.0.